The molecule has 2 aromatic rings. The highest BCUT2D eigenvalue weighted by atomic mass is 16.2. The summed E-state index contributed by atoms with van der Waals surface area (Å²) >= 11 is 0. The van der Waals surface area contributed by atoms with E-state index in [2.05, 4.69) is 37.6 Å². The number of nitrogens with zero attached hydrogens (tertiary/aromatic N) is 3. The Morgan fingerprint density at radius 2 is 2.15 bits per heavy atom. The molecular formula is C19H24N6O. The molecule has 0 spiro atoms. The summed E-state index contributed by atoms with van der Waals surface area (Å²) in [6.45, 7) is 6.21. The molecule has 6 rings (SSSR count). The molecule has 1 amide bonds. The van der Waals surface area contributed by atoms with Crippen molar-refractivity contribution in [3.63, 3.8) is 0 Å². The number of fused-ring (bicyclic) bond motifs is 4. The molecule has 0 saturated carbocycles. The van der Waals surface area contributed by atoms with Crippen LogP contribution in [-0.4, -0.2) is 65.1 Å². The number of hydrogen-bond donors (Lipinski definition) is 3. The maximum absolute atomic E-state index is 12.8. The second kappa shape index (κ2) is 6.09. The molecule has 0 radical (unpaired) electrons. The lowest BCUT2D eigenvalue weighted by atomic mass is 9.84. The Balaban J connectivity index is 1.36. The van der Waals surface area contributed by atoms with Gasteiger partial charge in [-0.15, -0.1) is 0 Å². The average molecular weight is 352 g/mol. The molecule has 26 heavy (non-hydrogen) atoms. The van der Waals surface area contributed by atoms with Gasteiger partial charge in [-0.25, -0.2) is 0 Å². The Bertz CT molecular complexity index is 879. The minimum Gasteiger partial charge on any atom is -0.366 e. The minimum atomic E-state index is -0.0762. The third kappa shape index (κ3) is 2.67. The second-order valence-electron chi connectivity index (χ2n) is 7.79. The molecule has 3 fully saturated rings. The maximum Gasteiger partial charge on any atom is 0.272 e. The van der Waals surface area contributed by atoms with Crippen molar-refractivity contribution in [3.8, 4) is 0 Å². The fourth-order valence-electron chi connectivity index (χ4n) is 4.43. The van der Waals surface area contributed by atoms with Gasteiger partial charge in [0.2, 0.25) is 0 Å². The van der Waals surface area contributed by atoms with E-state index >= 15 is 0 Å². The van der Waals surface area contributed by atoms with Crippen LogP contribution in [0.4, 0.5) is 0 Å². The first kappa shape index (κ1) is 15.8. The van der Waals surface area contributed by atoms with E-state index in [-0.39, 0.29) is 11.9 Å². The molecule has 3 N–H and O–H groups in total. The number of carbonyl (C=O) groups is 1. The first-order valence-corrected chi connectivity index (χ1v) is 9.50. The molecule has 2 bridgehead atoms. The van der Waals surface area contributed by atoms with Gasteiger partial charge in [0, 0.05) is 29.6 Å². The molecule has 7 nitrogen and oxygen atoms in total. The first-order valence-electron chi connectivity index (χ1n) is 9.50. The summed E-state index contributed by atoms with van der Waals surface area (Å²) in [5.74, 6) is 1.44. The van der Waals surface area contributed by atoms with Crippen LogP contribution in [0, 0.1) is 5.92 Å². The Hall–Kier alpha value is -2.41. The topological polar surface area (TPSA) is 85.4 Å². The normalized spacial score (nSPS) is 30.3. The zero-order valence-corrected chi connectivity index (χ0v) is 15.0. The lowest BCUT2D eigenvalue weighted by Crippen LogP contribution is -2.57. The van der Waals surface area contributed by atoms with E-state index in [1.54, 1.807) is 0 Å². The third-order valence-electron chi connectivity index (χ3n) is 5.93. The zero-order valence-electron chi connectivity index (χ0n) is 15.0. The summed E-state index contributed by atoms with van der Waals surface area (Å²) in [7, 11) is 0. The Labute approximate surface area is 152 Å². The summed E-state index contributed by atoms with van der Waals surface area (Å²) in [6.07, 6.45) is 2.37. The smallest absolute Gasteiger partial charge is 0.272 e. The van der Waals surface area contributed by atoms with Gasteiger partial charge in [0.1, 0.15) is 5.84 Å². The third-order valence-corrected chi connectivity index (χ3v) is 5.93. The number of aliphatic imine (C=N–C) groups is 1. The van der Waals surface area contributed by atoms with E-state index in [0.29, 0.717) is 17.7 Å². The van der Waals surface area contributed by atoms with Gasteiger partial charge >= 0.3 is 0 Å². The molecule has 4 aliphatic heterocycles. The van der Waals surface area contributed by atoms with Gasteiger partial charge in [-0.3, -0.25) is 14.9 Å². The number of aromatic amines is 1. The van der Waals surface area contributed by atoms with Crippen LogP contribution >= 0.6 is 0 Å². The quantitative estimate of drug-likeness (QED) is 0.773. The Kier molecular flexibility index (Phi) is 3.70. The fraction of sp³-hybridized carbons (Fsp3) is 0.526. The molecule has 7 heteroatoms. The van der Waals surface area contributed by atoms with Crippen molar-refractivity contribution in [2.75, 3.05) is 26.2 Å². The van der Waals surface area contributed by atoms with Crippen LogP contribution in [0.1, 0.15) is 35.8 Å². The number of nitrogens with one attached hydrogen (secondary N) is 3. The van der Waals surface area contributed by atoms with Crippen molar-refractivity contribution >= 4 is 22.6 Å². The molecule has 3 saturated heterocycles. The monoisotopic (exact) mass is 352 g/mol. The second-order valence-corrected chi connectivity index (χ2v) is 7.79. The number of rotatable bonds is 3. The van der Waals surface area contributed by atoms with E-state index in [9.17, 15) is 4.79 Å². The standard InChI is InChI=1S/C19H24N6O/c1-11-9-20-18(21-11)13-2-3-14-15(8-13)23-24-17(14)19(26)22-16-10-25-6-4-12(16)5-7-25/h2-3,8,11-12,16H,4-7,9-10H2,1H3,(H,20,21)(H,22,26)(H,23,24)/t11?,16-/m0/s1. The predicted molar refractivity (Wildman–Crippen MR) is 101 cm³/mol. The molecule has 4 aliphatic rings. The van der Waals surface area contributed by atoms with Gasteiger partial charge < -0.3 is 15.5 Å². The van der Waals surface area contributed by atoms with Crippen LogP contribution in [-0.2, 0) is 0 Å². The van der Waals surface area contributed by atoms with Gasteiger partial charge in [-0.1, -0.05) is 6.07 Å². The molecule has 136 valence electrons. The molecular weight excluding hydrogens is 328 g/mol. The summed E-state index contributed by atoms with van der Waals surface area (Å²) in [6, 6.07) is 6.59. The highest BCUT2D eigenvalue weighted by molar-refractivity contribution is 6.07. The summed E-state index contributed by atoms with van der Waals surface area (Å²) in [5.41, 5.74) is 2.37. The Morgan fingerprint density at radius 3 is 2.85 bits per heavy atom. The Morgan fingerprint density at radius 1 is 1.31 bits per heavy atom. The summed E-state index contributed by atoms with van der Waals surface area (Å²) in [5, 5.41) is 14.8. The lowest BCUT2D eigenvalue weighted by Gasteiger charge is -2.44. The first-order chi connectivity index (χ1) is 12.7. The van der Waals surface area contributed by atoms with E-state index in [4.69, 9.17) is 0 Å². The van der Waals surface area contributed by atoms with E-state index in [1.807, 2.05) is 18.2 Å². The zero-order chi connectivity index (χ0) is 17.7. The summed E-state index contributed by atoms with van der Waals surface area (Å²) < 4.78 is 0. The number of hydrogen-bond acceptors (Lipinski definition) is 5. The number of aromatic nitrogens is 2. The van der Waals surface area contributed by atoms with Gasteiger partial charge in [0.05, 0.1) is 12.1 Å². The largest absolute Gasteiger partial charge is 0.366 e. The van der Waals surface area contributed by atoms with Crippen molar-refractivity contribution in [3.05, 3.63) is 29.5 Å². The SMILES string of the molecule is CC1CN=C(c2ccc3c(C(=O)N[C@H]4CN5CCC4CC5)n[nH]c3c2)N1. The highest BCUT2D eigenvalue weighted by Crippen LogP contribution is 2.28. The molecule has 0 aliphatic carbocycles. The van der Waals surface area contributed by atoms with Crippen molar-refractivity contribution in [1.82, 2.24) is 25.7 Å². The number of carbonyl (C=O) groups excluding carboxylic acids is 1. The maximum atomic E-state index is 12.8. The molecule has 1 unspecified atom stereocenters. The number of benzene rings is 1. The number of H-pyrrole nitrogens is 1. The van der Waals surface area contributed by atoms with E-state index in [0.717, 1.165) is 35.4 Å². The van der Waals surface area contributed by atoms with Gasteiger partial charge in [0.15, 0.2) is 5.69 Å². The van der Waals surface area contributed by atoms with Crippen LogP contribution < -0.4 is 10.6 Å². The summed E-state index contributed by atoms with van der Waals surface area (Å²) in [4.78, 5) is 19.8. The number of amides is 1. The van der Waals surface area contributed by atoms with Crippen molar-refractivity contribution in [2.24, 2.45) is 10.9 Å². The van der Waals surface area contributed by atoms with Crippen molar-refractivity contribution in [2.45, 2.75) is 31.8 Å². The van der Waals surface area contributed by atoms with Crippen LogP contribution in [0.25, 0.3) is 10.9 Å². The van der Waals surface area contributed by atoms with Crippen LogP contribution in [0.15, 0.2) is 23.2 Å². The van der Waals surface area contributed by atoms with Crippen molar-refractivity contribution < 1.29 is 4.79 Å². The molecule has 1 aromatic heterocycles. The van der Waals surface area contributed by atoms with Gasteiger partial charge in [0.25, 0.3) is 5.91 Å². The van der Waals surface area contributed by atoms with Crippen LogP contribution in [0.5, 0.6) is 0 Å². The van der Waals surface area contributed by atoms with Gasteiger partial charge in [-0.2, -0.15) is 5.10 Å². The van der Waals surface area contributed by atoms with Crippen LogP contribution in [0.2, 0.25) is 0 Å². The minimum absolute atomic E-state index is 0.0762. The molecule has 2 atom stereocenters. The van der Waals surface area contributed by atoms with E-state index in [1.165, 1.54) is 25.9 Å². The van der Waals surface area contributed by atoms with Gasteiger partial charge in [-0.05, 0) is 50.9 Å². The fourth-order valence-corrected chi connectivity index (χ4v) is 4.43. The van der Waals surface area contributed by atoms with E-state index < -0.39 is 0 Å². The average Bonchev–Trinajstić information content (AvgIpc) is 3.28. The lowest BCUT2D eigenvalue weighted by molar-refractivity contribution is 0.0618. The molecule has 1 aromatic carbocycles. The van der Waals surface area contributed by atoms with Crippen molar-refractivity contribution in [1.29, 1.82) is 0 Å². The number of amidine groups is 1. The highest BCUT2D eigenvalue weighted by Gasteiger charge is 2.35. The van der Waals surface area contributed by atoms with Crippen LogP contribution in [0.3, 0.4) is 0 Å². The molecule has 5 heterocycles. The number of piperidine rings is 3. The predicted octanol–water partition coefficient (Wildman–Crippen LogP) is 1.13.